The second-order valence-corrected chi connectivity index (χ2v) is 7.02. The summed E-state index contributed by atoms with van der Waals surface area (Å²) in [5, 5.41) is 3.79. The summed E-state index contributed by atoms with van der Waals surface area (Å²) in [6, 6.07) is 9.41. The molecule has 0 bridgehead atoms. The molecule has 0 aliphatic heterocycles. The standard InChI is InChI=1S/C16H26N2O2S/c1-2-3-4-5-6-7-11-14-21(19,20)18-17-15-16-12-9-8-10-13-16/h8-10,12-13,15,18H,2-7,11,14H2,1H3/b17-15-. The first-order valence-corrected chi connectivity index (χ1v) is 9.37. The Balaban J connectivity index is 2.17. The van der Waals surface area contributed by atoms with Crippen LogP contribution in [-0.2, 0) is 10.0 Å². The van der Waals surface area contributed by atoms with Crippen molar-refractivity contribution in [2.75, 3.05) is 5.75 Å². The Morgan fingerprint density at radius 3 is 2.29 bits per heavy atom. The monoisotopic (exact) mass is 310 g/mol. The lowest BCUT2D eigenvalue weighted by molar-refractivity contribution is 0.570. The zero-order valence-electron chi connectivity index (χ0n) is 12.8. The van der Waals surface area contributed by atoms with Crippen LogP contribution >= 0.6 is 0 Å². The molecule has 0 unspecified atom stereocenters. The minimum Gasteiger partial charge on any atom is -0.205 e. The Morgan fingerprint density at radius 1 is 1.00 bits per heavy atom. The minimum absolute atomic E-state index is 0.146. The predicted octanol–water partition coefficient (Wildman–Crippen LogP) is 3.69. The Hall–Kier alpha value is -1.36. The van der Waals surface area contributed by atoms with Gasteiger partial charge in [0, 0.05) is 0 Å². The zero-order valence-corrected chi connectivity index (χ0v) is 13.6. The molecule has 0 aromatic heterocycles. The van der Waals surface area contributed by atoms with E-state index in [0.717, 1.165) is 18.4 Å². The van der Waals surface area contributed by atoms with Crippen molar-refractivity contribution in [3.63, 3.8) is 0 Å². The van der Waals surface area contributed by atoms with Crippen LogP contribution in [0.2, 0.25) is 0 Å². The summed E-state index contributed by atoms with van der Waals surface area (Å²) >= 11 is 0. The van der Waals surface area contributed by atoms with Gasteiger partial charge in [0.25, 0.3) is 0 Å². The summed E-state index contributed by atoms with van der Waals surface area (Å²) < 4.78 is 23.5. The largest absolute Gasteiger partial charge is 0.247 e. The molecule has 0 fully saturated rings. The van der Waals surface area contributed by atoms with Crippen molar-refractivity contribution in [1.29, 1.82) is 0 Å². The molecule has 0 saturated heterocycles. The fourth-order valence-electron chi connectivity index (χ4n) is 2.02. The number of hydrogen-bond donors (Lipinski definition) is 1. The molecule has 1 rings (SSSR count). The van der Waals surface area contributed by atoms with Crippen LogP contribution in [0.15, 0.2) is 35.4 Å². The highest BCUT2D eigenvalue weighted by atomic mass is 32.2. The van der Waals surface area contributed by atoms with Crippen LogP contribution in [0.5, 0.6) is 0 Å². The molecule has 21 heavy (non-hydrogen) atoms. The number of hydrazone groups is 1. The Labute approximate surface area is 128 Å². The summed E-state index contributed by atoms with van der Waals surface area (Å²) in [5.74, 6) is 0.146. The summed E-state index contributed by atoms with van der Waals surface area (Å²) in [6.45, 7) is 2.19. The maximum absolute atomic E-state index is 11.7. The lowest BCUT2D eigenvalue weighted by Crippen LogP contribution is -2.21. The van der Waals surface area contributed by atoms with Gasteiger partial charge in [0.2, 0.25) is 10.0 Å². The fourth-order valence-corrected chi connectivity index (χ4v) is 2.90. The number of hydrogen-bond acceptors (Lipinski definition) is 3. The topological polar surface area (TPSA) is 58.5 Å². The number of nitrogens with one attached hydrogen (secondary N) is 1. The molecule has 118 valence electrons. The van der Waals surface area contributed by atoms with Crippen LogP contribution in [0.3, 0.4) is 0 Å². The van der Waals surface area contributed by atoms with E-state index in [0.29, 0.717) is 6.42 Å². The number of nitrogens with zero attached hydrogens (tertiary/aromatic N) is 1. The van der Waals surface area contributed by atoms with Crippen molar-refractivity contribution in [2.45, 2.75) is 51.9 Å². The van der Waals surface area contributed by atoms with Crippen LogP contribution in [0, 0.1) is 0 Å². The third-order valence-corrected chi connectivity index (χ3v) is 4.43. The molecule has 0 saturated carbocycles. The van der Waals surface area contributed by atoms with Crippen molar-refractivity contribution in [2.24, 2.45) is 5.10 Å². The molecule has 1 N–H and O–H groups in total. The van der Waals surface area contributed by atoms with Gasteiger partial charge in [-0.25, -0.2) is 13.2 Å². The molecular formula is C16H26N2O2S. The fraction of sp³-hybridized carbons (Fsp3) is 0.562. The van der Waals surface area contributed by atoms with Crippen LogP contribution in [0.1, 0.15) is 57.4 Å². The van der Waals surface area contributed by atoms with E-state index in [1.165, 1.54) is 31.9 Å². The Kier molecular flexibility index (Phi) is 8.74. The quantitative estimate of drug-likeness (QED) is 0.385. The average molecular weight is 310 g/mol. The van der Waals surface area contributed by atoms with Gasteiger partial charge in [-0.15, -0.1) is 0 Å². The molecule has 0 aliphatic carbocycles. The van der Waals surface area contributed by atoms with E-state index in [1.54, 1.807) is 0 Å². The first kappa shape index (κ1) is 17.7. The van der Waals surface area contributed by atoms with Gasteiger partial charge < -0.3 is 0 Å². The third kappa shape index (κ3) is 9.24. The van der Waals surface area contributed by atoms with E-state index in [2.05, 4.69) is 16.9 Å². The van der Waals surface area contributed by atoms with Gasteiger partial charge >= 0.3 is 0 Å². The van der Waals surface area contributed by atoms with Crippen molar-refractivity contribution < 1.29 is 8.42 Å². The van der Waals surface area contributed by atoms with Gasteiger partial charge in [-0.1, -0.05) is 75.8 Å². The average Bonchev–Trinajstić information content (AvgIpc) is 2.47. The molecule has 4 nitrogen and oxygen atoms in total. The highest BCUT2D eigenvalue weighted by Gasteiger charge is 2.07. The lowest BCUT2D eigenvalue weighted by Gasteiger charge is -2.03. The van der Waals surface area contributed by atoms with Crippen LogP contribution < -0.4 is 4.83 Å². The predicted molar refractivity (Wildman–Crippen MR) is 89.0 cm³/mol. The molecule has 1 aromatic rings. The second kappa shape index (κ2) is 10.4. The highest BCUT2D eigenvalue weighted by Crippen LogP contribution is 2.07. The van der Waals surface area contributed by atoms with E-state index in [9.17, 15) is 8.42 Å². The third-order valence-electron chi connectivity index (χ3n) is 3.22. The van der Waals surface area contributed by atoms with Crippen LogP contribution in [0.4, 0.5) is 0 Å². The number of unbranched alkanes of at least 4 members (excludes halogenated alkanes) is 6. The molecule has 0 aliphatic rings. The van der Waals surface area contributed by atoms with E-state index in [-0.39, 0.29) is 5.75 Å². The van der Waals surface area contributed by atoms with Gasteiger partial charge in [0.1, 0.15) is 0 Å². The van der Waals surface area contributed by atoms with E-state index in [1.807, 2.05) is 30.3 Å². The summed E-state index contributed by atoms with van der Waals surface area (Å²) in [6.07, 6.45) is 9.25. The molecule has 1 aromatic carbocycles. The van der Waals surface area contributed by atoms with E-state index >= 15 is 0 Å². The van der Waals surface area contributed by atoms with Crippen LogP contribution in [-0.4, -0.2) is 20.4 Å². The molecule has 0 amide bonds. The normalized spacial score (nSPS) is 11.9. The molecule has 5 heteroatoms. The lowest BCUT2D eigenvalue weighted by atomic mass is 10.1. The first-order valence-electron chi connectivity index (χ1n) is 7.71. The molecular weight excluding hydrogens is 284 g/mol. The molecule has 0 spiro atoms. The van der Waals surface area contributed by atoms with Gasteiger partial charge in [-0.05, 0) is 12.0 Å². The van der Waals surface area contributed by atoms with E-state index in [4.69, 9.17) is 0 Å². The van der Waals surface area contributed by atoms with Crippen molar-refractivity contribution in [3.05, 3.63) is 35.9 Å². The molecule has 0 heterocycles. The van der Waals surface area contributed by atoms with Crippen LogP contribution in [0.25, 0.3) is 0 Å². The van der Waals surface area contributed by atoms with Crippen molar-refractivity contribution >= 4 is 16.2 Å². The van der Waals surface area contributed by atoms with Crippen molar-refractivity contribution in [1.82, 2.24) is 4.83 Å². The smallest absolute Gasteiger partial charge is 0.205 e. The highest BCUT2D eigenvalue weighted by molar-refractivity contribution is 7.89. The zero-order chi connectivity index (χ0) is 15.4. The van der Waals surface area contributed by atoms with E-state index < -0.39 is 10.0 Å². The Morgan fingerprint density at radius 2 is 1.62 bits per heavy atom. The second-order valence-electron chi connectivity index (χ2n) is 5.20. The SMILES string of the molecule is CCCCCCCCCS(=O)(=O)N/N=C\c1ccccc1. The first-order chi connectivity index (χ1) is 10.1. The van der Waals surface area contributed by atoms with Gasteiger partial charge in [0.05, 0.1) is 12.0 Å². The molecule has 0 radical (unpaired) electrons. The maximum atomic E-state index is 11.7. The summed E-state index contributed by atoms with van der Waals surface area (Å²) in [5.41, 5.74) is 0.871. The number of rotatable bonds is 11. The number of sulfonamides is 1. The van der Waals surface area contributed by atoms with Gasteiger partial charge in [0.15, 0.2) is 0 Å². The maximum Gasteiger partial charge on any atom is 0.247 e. The van der Waals surface area contributed by atoms with Gasteiger partial charge in [-0.2, -0.15) is 5.10 Å². The van der Waals surface area contributed by atoms with Gasteiger partial charge in [-0.3, -0.25) is 0 Å². The van der Waals surface area contributed by atoms with Crippen molar-refractivity contribution in [3.8, 4) is 0 Å². The minimum atomic E-state index is -3.30. The summed E-state index contributed by atoms with van der Waals surface area (Å²) in [4.78, 5) is 2.26. The molecule has 0 atom stereocenters. The summed E-state index contributed by atoms with van der Waals surface area (Å²) in [7, 11) is -3.30. The Bertz CT molecular complexity index is 498. The number of benzene rings is 1.